The van der Waals surface area contributed by atoms with E-state index in [1.807, 2.05) is 13.0 Å². The number of hydrogen-bond acceptors (Lipinski definition) is 1. The van der Waals surface area contributed by atoms with Gasteiger partial charge < -0.3 is 5.11 Å². The molecule has 1 nitrogen and oxygen atoms in total. The Morgan fingerprint density at radius 2 is 2.20 bits per heavy atom. The van der Waals surface area contributed by atoms with Crippen LogP contribution in [0.25, 0.3) is 0 Å². The topological polar surface area (TPSA) is 20.2 Å². The van der Waals surface area contributed by atoms with E-state index < -0.39 is 0 Å². The normalized spacial score (nSPS) is 13.9. The molecule has 0 rings (SSSR count). The number of aliphatic hydroxyl groups is 1. The highest BCUT2D eigenvalue weighted by Crippen LogP contribution is 2.11. The van der Waals surface area contributed by atoms with Gasteiger partial charge in [-0.25, -0.2) is 0 Å². The first kappa shape index (κ1) is 9.44. The lowest BCUT2D eigenvalue weighted by Crippen LogP contribution is -1.92. The molecule has 0 bridgehead atoms. The average Bonchev–Trinajstić information content (AvgIpc) is 1.88. The lowest BCUT2D eigenvalue weighted by Gasteiger charge is -2.05. The summed E-state index contributed by atoms with van der Waals surface area (Å²) in [7, 11) is 0. The third-order valence-electron chi connectivity index (χ3n) is 1.60. The van der Waals surface area contributed by atoms with Gasteiger partial charge in [0, 0.05) is 0 Å². The average molecular weight is 140 g/mol. The van der Waals surface area contributed by atoms with Crippen molar-refractivity contribution in [1.82, 2.24) is 0 Å². The van der Waals surface area contributed by atoms with E-state index in [-0.39, 0.29) is 6.61 Å². The molecule has 0 aliphatic carbocycles. The summed E-state index contributed by atoms with van der Waals surface area (Å²) < 4.78 is 0. The minimum atomic E-state index is 0.142. The van der Waals surface area contributed by atoms with Crippen LogP contribution in [0, 0.1) is 5.92 Å². The first-order valence-electron chi connectivity index (χ1n) is 3.59. The second-order valence-electron chi connectivity index (χ2n) is 2.64. The zero-order chi connectivity index (χ0) is 7.98. The minimum Gasteiger partial charge on any atom is -0.392 e. The molecule has 0 aromatic heterocycles. The van der Waals surface area contributed by atoms with Gasteiger partial charge in [-0.2, -0.15) is 0 Å². The van der Waals surface area contributed by atoms with Crippen LogP contribution in [-0.2, 0) is 0 Å². The van der Waals surface area contributed by atoms with E-state index in [1.165, 1.54) is 5.57 Å². The maximum Gasteiger partial charge on any atom is 0.0612 e. The highest BCUT2D eigenvalue weighted by molar-refractivity contribution is 4.97. The van der Waals surface area contributed by atoms with E-state index in [1.54, 1.807) is 6.08 Å². The zero-order valence-corrected chi connectivity index (χ0v) is 6.80. The van der Waals surface area contributed by atoms with Gasteiger partial charge in [-0.1, -0.05) is 31.2 Å². The lowest BCUT2D eigenvalue weighted by atomic mass is 10.0. The maximum atomic E-state index is 8.41. The molecule has 1 atom stereocenters. The molecule has 1 N–H and O–H groups in total. The highest BCUT2D eigenvalue weighted by Gasteiger charge is 1.97. The zero-order valence-electron chi connectivity index (χ0n) is 6.80. The van der Waals surface area contributed by atoms with Gasteiger partial charge >= 0.3 is 0 Å². The molecule has 0 saturated carbocycles. The van der Waals surface area contributed by atoms with Gasteiger partial charge in [0.1, 0.15) is 0 Å². The van der Waals surface area contributed by atoms with Gasteiger partial charge in [-0.05, 0) is 19.3 Å². The Kier molecular flexibility index (Phi) is 4.95. The standard InChI is InChI=1S/C9H16O/c1-8(2)9(3)6-4-5-7-10/h4-5,9-10H,1,6-7H2,2-3H3/b5-4+. The van der Waals surface area contributed by atoms with Crippen molar-refractivity contribution in [1.29, 1.82) is 0 Å². The van der Waals surface area contributed by atoms with Crippen molar-refractivity contribution >= 4 is 0 Å². The molecular weight excluding hydrogens is 124 g/mol. The van der Waals surface area contributed by atoms with Gasteiger partial charge in [0.15, 0.2) is 0 Å². The predicted molar refractivity (Wildman–Crippen MR) is 44.8 cm³/mol. The monoisotopic (exact) mass is 140 g/mol. The second kappa shape index (κ2) is 5.24. The van der Waals surface area contributed by atoms with Crippen molar-refractivity contribution in [2.75, 3.05) is 6.61 Å². The van der Waals surface area contributed by atoms with E-state index in [9.17, 15) is 0 Å². The Bertz CT molecular complexity index is 125. The van der Waals surface area contributed by atoms with Crippen LogP contribution in [0.3, 0.4) is 0 Å². The summed E-state index contributed by atoms with van der Waals surface area (Å²) in [4.78, 5) is 0. The Morgan fingerprint density at radius 3 is 2.60 bits per heavy atom. The van der Waals surface area contributed by atoms with Crippen molar-refractivity contribution in [3.05, 3.63) is 24.3 Å². The predicted octanol–water partition coefficient (Wildman–Crippen LogP) is 2.14. The fourth-order valence-corrected chi connectivity index (χ4v) is 0.576. The molecule has 0 spiro atoms. The Hall–Kier alpha value is -0.560. The maximum absolute atomic E-state index is 8.41. The van der Waals surface area contributed by atoms with Gasteiger partial charge in [-0.3, -0.25) is 0 Å². The molecule has 0 fully saturated rings. The minimum absolute atomic E-state index is 0.142. The van der Waals surface area contributed by atoms with Crippen LogP contribution in [0.15, 0.2) is 24.3 Å². The van der Waals surface area contributed by atoms with Gasteiger partial charge in [0.2, 0.25) is 0 Å². The molecule has 0 amide bonds. The van der Waals surface area contributed by atoms with Crippen molar-refractivity contribution < 1.29 is 5.11 Å². The molecule has 0 aliphatic heterocycles. The van der Waals surface area contributed by atoms with E-state index in [0.29, 0.717) is 5.92 Å². The summed E-state index contributed by atoms with van der Waals surface area (Å²) in [6.45, 7) is 8.13. The molecule has 0 radical (unpaired) electrons. The fourth-order valence-electron chi connectivity index (χ4n) is 0.576. The second-order valence-corrected chi connectivity index (χ2v) is 2.64. The van der Waals surface area contributed by atoms with Crippen LogP contribution in [-0.4, -0.2) is 11.7 Å². The Balaban J connectivity index is 3.48. The Labute approximate surface area is 63.1 Å². The molecule has 58 valence electrons. The van der Waals surface area contributed by atoms with Gasteiger partial charge in [-0.15, -0.1) is 0 Å². The summed E-state index contributed by atoms with van der Waals surface area (Å²) in [5, 5.41) is 8.41. The van der Waals surface area contributed by atoms with Gasteiger partial charge in [0.25, 0.3) is 0 Å². The lowest BCUT2D eigenvalue weighted by molar-refractivity contribution is 0.342. The van der Waals surface area contributed by atoms with Crippen LogP contribution in [0.2, 0.25) is 0 Å². The molecule has 10 heavy (non-hydrogen) atoms. The van der Waals surface area contributed by atoms with E-state index in [4.69, 9.17) is 5.11 Å². The number of rotatable bonds is 4. The van der Waals surface area contributed by atoms with E-state index >= 15 is 0 Å². The van der Waals surface area contributed by atoms with Crippen LogP contribution in [0.5, 0.6) is 0 Å². The smallest absolute Gasteiger partial charge is 0.0612 e. The molecule has 0 aliphatic rings. The van der Waals surface area contributed by atoms with Crippen molar-refractivity contribution in [3.8, 4) is 0 Å². The third kappa shape index (κ3) is 4.33. The summed E-state index contributed by atoms with van der Waals surface area (Å²) in [6.07, 6.45) is 4.73. The number of allylic oxidation sites excluding steroid dienone is 2. The molecule has 0 saturated heterocycles. The quantitative estimate of drug-likeness (QED) is 0.593. The van der Waals surface area contributed by atoms with Crippen molar-refractivity contribution in [2.45, 2.75) is 20.3 Å². The summed E-state index contributed by atoms with van der Waals surface area (Å²) >= 11 is 0. The molecule has 0 aromatic carbocycles. The number of hydrogen-bond donors (Lipinski definition) is 1. The fraction of sp³-hybridized carbons (Fsp3) is 0.556. The van der Waals surface area contributed by atoms with Gasteiger partial charge in [0.05, 0.1) is 6.61 Å². The molecule has 0 aromatic rings. The summed E-state index contributed by atoms with van der Waals surface area (Å²) in [6, 6.07) is 0. The SMILES string of the molecule is C=C(C)C(C)C/C=C/CO. The van der Waals surface area contributed by atoms with Crippen molar-refractivity contribution in [2.24, 2.45) is 5.92 Å². The van der Waals surface area contributed by atoms with Crippen LogP contribution in [0.1, 0.15) is 20.3 Å². The van der Waals surface area contributed by atoms with Crippen LogP contribution >= 0.6 is 0 Å². The number of aliphatic hydroxyl groups excluding tert-OH is 1. The third-order valence-corrected chi connectivity index (χ3v) is 1.60. The van der Waals surface area contributed by atoms with Crippen molar-refractivity contribution in [3.63, 3.8) is 0 Å². The molecular formula is C9H16O. The summed E-state index contributed by atoms with van der Waals surface area (Å²) in [5.41, 5.74) is 1.20. The highest BCUT2D eigenvalue weighted by atomic mass is 16.2. The van der Waals surface area contributed by atoms with E-state index in [0.717, 1.165) is 6.42 Å². The first-order valence-corrected chi connectivity index (χ1v) is 3.59. The van der Waals surface area contributed by atoms with Crippen LogP contribution < -0.4 is 0 Å². The first-order chi connectivity index (χ1) is 4.68. The molecule has 1 heteroatoms. The van der Waals surface area contributed by atoms with Crippen LogP contribution in [0.4, 0.5) is 0 Å². The molecule has 0 heterocycles. The van der Waals surface area contributed by atoms with E-state index in [2.05, 4.69) is 13.5 Å². The summed E-state index contributed by atoms with van der Waals surface area (Å²) in [5.74, 6) is 0.530. The largest absolute Gasteiger partial charge is 0.392 e. The Morgan fingerprint density at radius 1 is 1.60 bits per heavy atom. The molecule has 1 unspecified atom stereocenters.